The van der Waals surface area contributed by atoms with Crippen molar-refractivity contribution in [1.29, 1.82) is 0 Å². The monoisotopic (exact) mass is 541 g/mol. The van der Waals surface area contributed by atoms with Crippen molar-refractivity contribution < 1.29 is 33.6 Å². The van der Waals surface area contributed by atoms with E-state index in [0.717, 1.165) is 22.3 Å². The first-order chi connectivity index (χ1) is 19.4. The summed E-state index contributed by atoms with van der Waals surface area (Å²) in [6.45, 7) is 0. The van der Waals surface area contributed by atoms with Gasteiger partial charge in [-0.2, -0.15) is 0 Å². The number of carboxylic acids is 1. The number of carbonyl (C=O) groups excluding carboxylic acids is 1. The van der Waals surface area contributed by atoms with Crippen molar-refractivity contribution in [2.45, 2.75) is 24.2 Å². The summed E-state index contributed by atoms with van der Waals surface area (Å²) in [5.74, 6) is -0.891. The molecule has 0 heterocycles. The van der Waals surface area contributed by atoms with Crippen molar-refractivity contribution in [3.05, 3.63) is 114 Å². The number of rotatable bonds is 9. The van der Waals surface area contributed by atoms with Gasteiger partial charge in [-0.15, -0.1) is 0 Å². The third kappa shape index (κ3) is 4.60. The largest absolute Gasteiger partial charge is 0.497 e. The zero-order chi connectivity index (χ0) is 28.3. The van der Waals surface area contributed by atoms with Crippen LogP contribution < -0.4 is 10.1 Å². The maximum atomic E-state index is 13.2. The highest BCUT2D eigenvalue weighted by molar-refractivity contribution is 5.84. The van der Waals surface area contributed by atoms with Gasteiger partial charge in [-0.05, 0) is 46.5 Å². The van der Waals surface area contributed by atoms with E-state index in [1.807, 2.05) is 54.6 Å². The smallest absolute Gasteiger partial charge is 0.410 e. The summed E-state index contributed by atoms with van der Waals surface area (Å²) < 4.78 is 22.7. The molecule has 2 N–H and O–H groups in total. The third-order valence-corrected chi connectivity index (χ3v) is 7.69. The van der Waals surface area contributed by atoms with Gasteiger partial charge < -0.3 is 24.1 Å². The number of hydrogen-bond acceptors (Lipinski definition) is 6. The van der Waals surface area contributed by atoms with E-state index < -0.39 is 29.3 Å². The molecule has 2 aliphatic carbocycles. The van der Waals surface area contributed by atoms with E-state index in [0.29, 0.717) is 5.76 Å². The van der Waals surface area contributed by atoms with Gasteiger partial charge in [0.1, 0.15) is 11.5 Å². The number of methoxy groups -OCH3 is 3. The summed E-state index contributed by atoms with van der Waals surface area (Å²) in [6, 6.07) is 24.6. The van der Waals surface area contributed by atoms with Crippen LogP contribution in [-0.4, -0.2) is 50.3 Å². The van der Waals surface area contributed by atoms with Crippen LogP contribution in [0.5, 0.6) is 5.75 Å². The van der Waals surface area contributed by atoms with Crippen molar-refractivity contribution >= 4 is 12.1 Å². The molecule has 3 atom stereocenters. The molecule has 0 bridgehead atoms. The Morgan fingerprint density at radius 3 is 2.05 bits per heavy atom. The van der Waals surface area contributed by atoms with Crippen LogP contribution >= 0.6 is 0 Å². The standard InChI is InChI=1S/C32H31NO7/c1-37-22-17-18-31(27(19-22)38-2,28-25-15-9-7-13-23(25)24-14-8-10-16-26(24)28)20-32(29(34)35,33-30(36)39-3)40-21-11-5-4-6-12-21/h4-19,27-28H,20H2,1-3H3,(H,33,36)(H,34,35). The molecule has 3 unspecified atom stereocenters. The molecule has 0 aromatic heterocycles. The van der Waals surface area contributed by atoms with Crippen LogP contribution in [0.1, 0.15) is 23.5 Å². The van der Waals surface area contributed by atoms with E-state index >= 15 is 0 Å². The van der Waals surface area contributed by atoms with Crippen molar-refractivity contribution in [3.63, 3.8) is 0 Å². The fourth-order valence-corrected chi connectivity index (χ4v) is 5.99. The molecule has 2 aliphatic rings. The molecule has 0 spiro atoms. The molecular weight excluding hydrogens is 510 g/mol. The first-order valence-electron chi connectivity index (χ1n) is 12.9. The zero-order valence-corrected chi connectivity index (χ0v) is 22.5. The second-order valence-electron chi connectivity index (χ2n) is 9.82. The first-order valence-corrected chi connectivity index (χ1v) is 12.9. The van der Waals surface area contributed by atoms with Gasteiger partial charge in [-0.25, -0.2) is 9.59 Å². The second-order valence-corrected chi connectivity index (χ2v) is 9.82. The van der Waals surface area contributed by atoms with Gasteiger partial charge in [0.2, 0.25) is 0 Å². The molecule has 40 heavy (non-hydrogen) atoms. The number of carbonyl (C=O) groups is 2. The van der Waals surface area contributed by atoms with Crippen molar-refractivity contribution in [2.24, 2.45) is 5.41 Å². The third-order valence-electron chi connectivity index (χ3n) is 7.69. The number of benzene rings is 3. The Labute approximate surface area is 232 Å². The highest BCUT2D eigenvalue weighted by Gasteiger charge is 2.58. The number of carboxylic acid groups (broad SMARTS) is 1. The Morgan fingerprint density at radius 1 is 0.900 bits per heavy atom. The average molecular weight is 542 g/mol. The summed E-state index contributed by atoms with van der Waals surface area (Å²) in [7, 11) is 4.31. The quantitative estimate of drug-likeness (QED) is 0.345. The molecule has 3 aromatic carbocycles. The molecule has 0 radical (unpaired) electrons. The van der Waals surface area contributed by atoms with E-state index in [1.165, 1.54) is 7.11 Å². The van der Waals surface area contributed by atoms with Crippen molar-refractivity contribution in [3.8, 4) is 16.9 Å². The number of ether oxygens (including phenoxy) is 4. The summed E-state index contributed by atoms with van der Waals surface area (Å²) in [6.07, 6.45) is 3.75. The number of aliphatic carboxylic acids is 1. The van der Waals surface area contributed by atoms with E-state index in [4.69, 9.17) is 18.9 Å². The predicted octanol–water partition coefficient (Wildman–Crippen LogP) is 5.51. The van der Waals surface area contributed by atoms with Gasteiger partial charge in [0.15, 0.2) is 0 Å². The molecule has 0 saturated carbocycles. The van der Waals surface area contributed by atoms with Crippen LogP contribution in [0, 0.1) is 5.41 Å². The fraction of sp³-hybridized carbons (Fsp3) is 0.250. The van der Waals surface area contributed by atoms with Gasteiger partial charge in [-0.3, -0.25) is 5.32 Å². The minimum atomic E-state index is -2.24. The number of fused-ring (bicyclic) bond motifs is 3. The van der Waals surface area contributed by atoms with Gasteiger partial charge in [0.25, 0.3) is 5.72 Å². The normalized spacial score (nSPS) is 20.9. The van der Waals surface area contributed by atoms with Gasteiger partial charge >= 0.3 is 12.1 Å². The maximum Gasteiger partial charge on any atom is 0.410 e. The van der Waals surface area contributed by atoms with Crippen LogP contribution in [0.15, 0.2) is 103 Å². The number of alkyl carbamates (subject to hydrolysis) is 1. The lowest BCUT2D eigenvalue weighted by atomic mass is 9.61. The Kier molecular flexibility index (Phi) is 7.36. The van der Waals surface area contributed by atoms with Crippen LogP contribution in [0.25, 0.3) is 11.1 Å². The lowest BCUT2D eigenvalue weighted by Crippen LogP contribution is -2.63. The molecule has 3 aromatic rings. The summed E-state index contributed by atoms with van der Waals surface area (Å²) in [5.41, 5.74) is 0.841. The van der Waals surface area contributed by atoms with Crippen LogP contribution in [0.2, 0.25) is 0 Å². The van der Waals surface area contributed by atoms with Gasteiger partial charge in [0, 0.05) is 24.9 Å². The molecule has 0 fully saturated rings. The molecular formula is C32H31NO7. The van der Waals surface area contributed by atoms with Crippen LogP contribution in [0.4, 0.5) is 4.79 Å². The second kappa shape index (κ2) is 10.9. The zero-order valence-electron chi connectivity index (χ0n) is 22.5. The van der Waals surface area contributed by atoms with Gasteiger partial charge in [-0.1, -0.05) is 72.8 Å². The van der Waals surface area contributed by atoms with E-state index in [2.05, 4.69) is 17.4 Å². The molecule has 5 rings (SSSR count). The number of para-hydroxylation sites is 1. The Morgan fingerprint density at radius 2 is 1.50 bits per heavy atom. The highest BCUT2D eigenvalue weighted by Crippen LogP contribution is 2.59. The summed E-state index contributed by atoms with van der Waals surface area (Å²) >= 11 is 0. The van der Waals surface area contributed by atoms with E-state index in [1.54, 1.807) is 44.6 Å². The van der Waals surface area contributed by atoms with E-state index in [-0.39, 0.29) is 18.1 Å². The molecule has 8 nitrogen and oxygen atoms in total. The van der Waals surface area contributed by atoms with Crippen molar-refractivity contribution in [1.82, 2.24) is 5.32 Å². The summed E-state index contributed by atoms with van der Waals surface area (Å²) in [4.78, 5) is 25.9. The van der Waals surface area contributed by atoms with Crippen LogP contribution in [0.3, 0.4) is 0 Å². The number of nitrogens with one attached hydrogen (secondary N) is 1. The van der Waals surface area contributed by atoms with E-state index in [9.17, 15) is 14.7 Å². The molecule has 8 heteroatoms. The number of allylic oxidation sites excluding steroid dienone is 1. The topological polar surface area (TPSA) is 103 Å². The lowest BCUT2D eigenvalue weighted by molar-refractivity contribution is -0.163. The Balaban J connectivity index is 1.76. The van der Waals surface area contributed by atoms with Gasteiger partial charge in [0.05, 0.1) is 20.3 Å². The Bertz CT molecular complexity index is 1420. The number of amides is 1. The highest BCUT2D eigenvalue weighted by atomic mass is 16.6. The average Bonchev–Trinajstić information content (AvgIpc) is 3.32. The first kappa shape index (κ1) is 27.0. The Hall–Kier alpha value is -4.56. The molecule has 0 aliphatic heterocycles. The molecule has 1 amide bonds. The molecule has 0 saturated heterocycles. The van der Waals surface area contributed by atoms with Crippen LogP contribution in [-0.2, 0) is 19.0 Å². The summed E-state index contributed by atoms with van der Waals surface area (Å²) in [5, 5.41) is 13.3. The maximum absolute atomic E-state index is 13.2. The lowest BCUT2D eigenvalue weighted by Gasteiger charge is -2.47. The van der Waals surface area contributed by atoms with Crippen molar-refractivity contribution in [2.75, 3.05) is 21.3 Å². The predicted molar refractivity (Wildman–Crippen MR) is 149 cm³/mol. The molecule has 206 valence electrons. The SMILES string of the molecule is COC(=O)NC(CC1(C2c3ccccc3-c3ccccc32)C=CC(OC)=CC1OC)(Oc1ccccc1)C(=O)O. The minimum Gasteiger partial charge on any atom is -0.497 e. The minimum absolute atomic E-state index is 0.213. The number of hydrogen-bond donors (Lipinski definition) is 2. The fourth-order valence-electron chi connectivity index (χ4n) is 5.99.